The van der Waals surface area contributed by atoms with Gasteiger partial charge in [0, 0.05) is 31.7 Å². The molecule has 3 heterocycles. The first kappa shape index (κ1) is 22.2. The van der Waals surface area contributed by atoms with Crippen LogP contribution in [-0.2, 0) is 6.61 Å². The molecule has 176 valence electrons. The highest BCUT2D eigenvalue weighted by atomic mass is 19.1. The van der Waals surface area contributed by atoms with Gasteiger partial charge in [-0.25, -0.2) is 4.39 Å². The molecule has 0 saturated carbocycles. The summed E-state index contributed by atoms with van der Waals surface area (Å²) in [7, 11) is 0. The fourth-order valence-corrected chi connectivity index (χ4v) is 3.86. The van der Waals surface area contributed by atoms with Gasteiger partial charge in [-0.15, -0.1) is 0 Å². The monoisotopic (exact) mass is 472 g/mol. The van der Waals surface area contributed by atoms with Gasteiger partial charge in [0.1, 0.15) is 30.0 Å². The molecule has 0 N–H and O–H groups in total. The smallest absolute Gasteiger partial charge is 0.266 e. The third kappa shape index (κ3) is 4.87. The molecule has 1 aliphatic heterocycles. The fraction of sp³-hybridized carbons (Fsp3) is 0.192. The van der Waals surface area contributed by atoms with Crippen LogP contribution in [0.5, 0.6) is 5.75 Å². The fourth-order valence-electron chi connectivity index (χ4n) is 3.86. The number of furan rings is 1. The molecule has 1 fully saturated rings. The van der Waals surface area contributed by atoms with Gasteiger partial charge in [-0.2, -0.15) is 10.2 Å². The Morgan fingerprint density at radius 2 is 1.83 bits per heavy atom. The Balaban J connectivity index is 1.25. The number of nitriles is 1. The van der Waals surface area contributed by atoms with E-state index < -0.39 is 5.82 Å². The van der Waals surface area contributed by atoms with Crippen molar-refractivity contribution in [2.75, 3.05) is 31.1 Å². The van der Waals surface area contributed by atoms with Crippen molar-refractivity contribution in [2.24, 2.45) is 0 Å². The highest BCUT2D eigenvalue weighted by molar-refractivity contribution is 5.94. The number of oxazole rings is 1. The minimum atomic E-state index is -0.449. The summed E-state index contributed by atoms with van der Waals surface area (Å²) in [5.74, 6) is 1.55. The van der Waals surface area contributed by atoms with Crippen molar-refractivity contribution in [3.8, 4) is 23.5 Å². The lowest BCUT2D eigenvalue weighted by molar-refractivity contribution is 0.0745. The third-order valence-corrected chi connectivity index (χ3v) is 5.64. The van der Waals surface area contributed by atoms with E-state index in [9.17, 15) is 14.4 Å². The van der Waals surface area contributed by atoms with Gasteiger partial charge in [0.15, 0.2) is 5.76 Å². The summed E-state index contributed by atoms with van der Waals surface area (Å²) in [5, 5.41) is 9.59. The van der Waals surface area contributed by atoms with Crippen molar-refractivity contribution < 1.29 is 22.8 Å². The molecule has 1 aliphatic rings. The second kappa shape index (κ2) is 9.73. The number of benzene rings is 2. The molecule has 35 heavy (non-hydrogen) atoms. The average molecular weight is 472 g/mol. The lowest BCUT2D eigenvalue weighted by Crippen LogP contribution is -2.48. The predicted molar refractivity (Wildman–Crippen MR) is 124 cm³/mol. The molecule has 4 aromatic rings. The maximum absolute atomic E-state index is 13.5. The lowest BCUT2D eigenvalue weighted by atomic mass is 10.1. The van der Waals surface area contributed by atoms with Gasteiger partial charge in [0.2, 0.25) is 11.6 Å². The molecule has 8 nitrogen and oxygen atoms in total. The van der Waals surface area contributed by atoms with Crippen LogP contribution in [-0.4, -0.2) is 42.0 Å². The van der Waals surface area contributed by atoms with E-state index in [0.29, 0.717) is 49.1 Å². The van der Waals surface area contributed by atoms with Crippen LogP contribution in [0.2, 0.25) is 0 Å². The maximum Gasteiger partial charge on any atom is 0.266 e. The van der Waals surface area contributed by atoms with Gasteiger partial charge in [0.05, 0.1) is 0 Å². The number of hydrogen-bond donors (Lipinski definition) is 0. The Kier molecular flexibility index (Phi) is 6.18. The van der Waals surface area contributed by atoms with Crippen LogP contribution in [0.25, 0.3) is 11.7 Å². The normalized spacial score (nSPS) is 13.5. The highest BCUT2D eigenvalue weighted by Gasteiger charge is 2.28. The number of amides is 1. The Morgan fingerprint density at radius 1 is 1.03 bits per heavy atom. The quantitative estimate of drug-likeness (QED) is 0.408. The van der Waals surface area contributed by atoms with Crippen molar-refractivity contribution in [1.29, 1.82) is 5.26 Å². The van der Waals surface area contributed by atoms with E-state index in [1.807, 2.05) is 35.2 Å². The summed E-state index contributed by atoms with van der Waals surface area (Å²) in [6.07, 6.45) is 0. The van der Waals surface area contributed by atoms with Gasteiger partial charge in [-0.1, -0.05) is 24.3 Å². The van der Waals surface area contributed by atoms with Crippen LogP contribution in [0.15, 0.2) is 75.6 Å². The summed E-state index contributed by atoms with van der Waals surface area (Å²) in [6, 6.07) is 20.6. The van der Waals surface area contributed by atoms with E-state index in [1.54, 1.807) is 23.1 Å². The van der Waals surface area contributed by atoms with Crippen LogP contribution >= 0.6 is 0 Å². The topological polar surface area (TPSA) is 95.7 Å². The molecular weight excluding hydrogens is 451 g/mol. The summed E-state index contributed by atoms with van der Waals surface area (Å²) in [4.78, 5) is 20.5. The second-order valence-electron chi connectivity index (χ2n) is 7.94. The van der Waals surface area contributed by atoms with Gasteiger partial charge >= 0.3 is 0 Å². The van der Waals surface area contributed by atoms with Crippen LogP contribution < -0.4 is 9.64 Å². The van der Waals surface area contributed by atoms with Crippen molar-refractivity contribution in [3.05, 3.63) is 89.6 Å². The number of hydrogen-bond acceptors (Lipinski definition) is 7. The molecule has 2 aromatic carbocycles. The highest BCUT2D eigenvalue weighted by Crippen LogP contribution is 2.30. The molecule has 5 rings (SSSR count). The molecule has 0 atom stereocenters. The van der Waals surface area contributed by atoms with Crippen molar-refractivity contribution in [3.63, 3.8) is 0 Å². The molecule has 0 unspecified atom stereocenters. The number of aromatic nitrogens is 1. The van der Waals surface area contributed by atoms with E-state index in [-0.39, 0.29) is 24.1 Å². The molecule has 0 bridgehead atoms. The first-order chi connectivity index (χ1) is 17.1. The SMILES string of the molecule is N#Cc1nc(-c2ccc(COc3ccccc3)o2)oc1N1CCN(C(=O)c2cccc(F)c2)CC1. The Morgan fingerprint density at radius 3 is 2.57 bits per heavy atom. The number of carbonyl (C=O) groups is 1. The molecule has 0 spiro atoms. The zero-order valence-electron chi connectivity index (χ0n) is 18.7. The molecule has 9 heteroatoms. The second-order valence-corrected chi connectivity index (χ2v) is 7.94. The maximum atomic E-state index is 13.5. The van der Waals surface area contributed by atoms with E-state index in [2.05, 4.69) is 11.1 Å². The van der Waals surface area contributed by atoms with E-state index in [0.717, 1.165) is 5.75 Å². The standard InChI is InChI=1S/C26H21FN4O4/c27-19-6-4-5-18(15-19)25(32)30-11-13-31(14-12-30)26-22(16-28)29-24(35-26)23-10-9-21(34-23)17-33-20-7-2-1-3-8-20/h1-10,15H,11-14,17H2. The molecule has 0 aliphatic carbocycles. The molecular formula is C26H21FN4O4. The van der Waals surface area contributed by atoms with Crippen molar-refractivity contribution in [2.45, 2.75) is 6.61 Å². The number of ether oxygens (including phenoxy) is 1. The van der Waals surface area contributed by atoms with E-state index in [1.165, 1.54) is 18.2 Å². The van der Waals surface area contributed by atoms with Crippen molar-refractivity contribution >= 4 is 11.8 Å². The number of halogens is 1. The predicted octanol–water partition coefficient (Wildman–Crippen LogP) is 4.49. The summed E-state index contributed by atoms with van der Waals surface area (Å²) in [6.45, 7) is 1.93. The van der Waals surface area contributed by atoms with Crippen LogP contribution in [0.3, 0.4) is 0 Å². The summed E-state index contributed by atoms with van der Waals surface area (Å²) in [5.41, 5.74) is 0.450. The molecule has 1 saturated heterocycles. The van der Waals surface area contributed by atoms with Crippen LogP contribution in [0, 0.1) is 17.1 Å². The Hall–Kier alpha value is -4.58. The van der Waals surface area contributed by atoms with E-state index in [4.69, 9.17) is 13.6 Å². The average Bonchev–Trinajstić information content (AvgIpc) is 3.55. The first-order valence-corrected chi connectivity index (χ1v) is 11.1. The molecule has 2 aromatic heterocycles. The number of anilines is 1. The minimum absolute atomic E-state index is 0.142. The van der Waals surface area contributed by atoms with Gasteiger partial charge in [-0.05, 0) is 42.5 Å². The van der Waals surface area contributed by atoms with Crippen LogP contribution in [0.1, 0.15) is 21.8 Å². The number of para-hydroxylation sites is 1. The number of carbonyl (C=O) groups excluding carboxylic acids is 1. The Labute approximate surface area is 200 Å². The number of nitrogens with zero attached hydrogens (tertiary/aromatic N) is 4. The first-order valence-electron chi connectivity index (χ1n) is 11.1. The van der Waals surface area contributed by atoms with Gasteiger partial charge < -0.3 is 23.4 Å². The third-order valence-electron chi connectivity index (χ3n) is 5.64. The number of piperazine rings is 1. The Bertz CT molecular complexity index is 1370. The number of rotatable bonds is 6. The summed E-state index contributed by atoms with van der Waals surface area (Å²) < 4.78 is 30.9. The largest absolute Gasteiger partial charge is 0.486 e. The van der Waals surface area contributed by atoms with Crippen molar-refractivity contribution in [1.82, 2.24) is 9.88 Å². The zero-order chi connectivity index (χ0) is 24.2. The molecule has 1 amide bonds. The minimum Gasteiger partial charge on any atom is -0.486 e. The summed E-state index contributed by atoms with van der Waals surface area (Å²) >= 11 is 0. The van der Waals surface area contributed by atoms with Gasteiger partial charge in [-0.3, -0.25) is 4.79 Å². The zero-order valence-corrected chi connectivity index (χ0v) is 18.7. The van der Waals surface area contributed by atoms with Crippen LogP contribution in [0.4, 0.5) is 10.3 Å². The van der Waals surface area contributed by atoms with E-state index >= 15 is 0 Å². The lowest BCUT2D eigenvalue weighted by Gasteiger charge is -2.34. The van der Waals surface area contributed by atoms with Gasteiger partial charge in [0.25, 0.3) is 11.8 Å². The molecule has 0 radical (unpaired) electrons.